The van der Waals surface area contributed by atoms with E-state index in [1.165, 1.54) is 12.1 Å². The van der Waals surface area contributed by atoms with Gasteiger partial charge in [0.1, 0.15) is 12.7 Å². The number of morpholine rings is 1. The van der Waals surface area contributed by atoms with Crippen molar-refractivity contribution in [1.82, 2.24) is 5.32 Å². The lowest BCUT2D eigenvalue weighted by atomic mass is 10.3. The fourth-order valence-corrected chi connectivity index (χ4v) is 1.70. The molecule has 1 aliphatic heterocycles. The van der Waals surface area contributed by atoms with E-state index in [0.717, 1.165) is 12.6 Å². The predicted molar refractivity (Wildman–Crippen MR) is 61.2 cm³/mol. The summed E-state index contributed by atoms with van der Waals surface area (Å²) in [5.41, 5.74) is -0.638. The van der Waals surface area contributed by atoms with Crippen molar-refractivity contribution in [3.05, 3.63) is 34.1 Å². The number of hydrogen-bond acceptors (Lipinski definition) is 5. The van der Waals surface area contributed by atoms with Crippen molar-refractivity contribution in [2.45, 2.75) is 6.10 Å². The molecule has 0 radical (unpaired) electrons. The molecule has 7 heteroatoms. The largest absolute Gasteiger partial charge is 0.484 e. The van der Waals surface area contributed by atoms with Gasteiger partial charge in [-0.2, -0.15) is 4.39 Å². The molecule has 1 saturated heterocycles. The summed E-state index contributed by atoms with van der Waals surface area (Å²) < 4.78 is 24.0. The van der Waals surface area contributed by atoms with E-state index in [0.29, 0.717) is 13.2 Å². The summed E-state index contributed by atoms with van der Waals surface area (Å²) in [4.78, 5) is 9.95. The predicted octanol–water partition coefficient (Wildman–Crippen LogP) is 1.10. The monoisotopic (exact) mass is 256 g/mol. The Hall–Kier alpha value is -1.73. The number of ether oxygens (including phenoxy) is 2. The second-order valence-corrected chi connectivity index (χ2v) is 3.85. The third-order valence-electron chi connectivity index (χ3n) is 2.56. The highest BCUT2D eigenvalue weighted by Gasteiger charge is 2.22. The van der Waals surface area contributed by atoms with Crippen molar-refractivity contribution >= 4 is 5.69 Å². The van der Waals surface area contributed by atoms with Gasteiger partial charge in [-0.1, -0.05) is 6.07 Å². The van der Waals surface area contributed by atoms with Crippen LogP contribution >= 0.6 is 0 Å². The molecule has 1 N–H and O–H groups in total. The summed E-state index contributed by atoms with van der Waals surface area (Å²) in [6.07, 6.45) is -0.179. The minimum atomic E-state index is -0.903. The standard InChI is InChI=1S/C11H13FN2O4/c12-9-2-1-3-10(11(9)14(15)16)18-7-8-6-13-4-5-17-8/h1-3,8,13H,4-7H2. The van der Waals surface area contributed by atoms with Crippen molar-refractivity contribution in [3.8, 4) is 5.75 Å². The zero-order valence-electron chi connectivity index (χ0n) is 9.60. The summed E-state index contributed by atoms with van der Waals surface area (Å²) in [5, 5.41) is 13.8. The lowest BCUT2D eigenvalue weighted by Gasteiger charge is -2.23. The molecular formula is C11H13FN2O4. The van der Waals surface area contributed by atoms with Crippen LogP contribution in [-0.4, -0.2) is 37.3 Å². The van der Waals surface area contributed by atoms with Crippen molar-refractivity contribution in [2.75, 3.05) is 26.3 Å². The first-order valence-electron chi connectivity index (χ1n) is 5.56. The number of nitrogens with one attached hydrogen (secondary N) is 1. The molecule has 18 heavy (non-hydrogen) atoms. The van der Waals surface area contributed by atoms with Gasteiger partial charge in [-0.3, -0.25) is 10.1 Å². The lowest BCUT2D eigenvalue weighted by molar-refractivity contribution is -0.388. The summed E-state index contributed by atoms with van der Waals surface area (Å²) in [7, 11) is 0. The molecule has 0 aliphatic carbocycles. The molecule has 0 bridgehead atoms. The molecule has 0 spiro atoms. The first-order valence-corrected chi connectivity index (χ1v) is 5.56. The van der Waals surface area contributed by atoms with E-state index in [4.69, 9.17) is 9.47 Å². The quantitative estimate of drug-likeness (QED) is 0.645. The molecule has 2 rings (SSSR count). The Labute approximate surface area is 103 Å². The third kappa shape index (κ3) is 2.93. The first kappa shape index (κ1) is 12.7. The zero-order valence-corrected chi connectivity index (χ0v) is 9.60. The minimum Gasteiger partial charge on any atom is -0.484 e. The van der Waals surface area contributed by atoms with Crippen LogP contribution in [0.4, 0.5) is 10.1 Å². The van der Waals surface area contributed by atoms with Crippen LogP contribution in [0.1, 0.15) is 0 Å². The van der Waals surface area contributed by atoms with Crippen LogP contribution < -0.4 is 10.1 Å². The van der Waals surface area contributed by atoms with Gasteiger partial charge in [0.2, 0.25) is 5.82 Å². The van der Waals surface area contributed by atoms with E-state index in [9.17, 15) is 14.5 Å². The van der Waals surface area contributed by atoms with Crippen molar-refractivity contribution in [3.63, 3.8) is 0 Å². The number of halogens is 1. The van der Waals surface area contributed by atoms with Crippen molar-refractivity contribution in [1.29, 1.82) is 0 Å². The molecule has 6 nitrogen and oxygen atoms in total. The highest BCUT2D eigenvalue weighted by atomic mass is 19.1. The maximum absolute atomic E-state index is 13.3. The fourth-order valence-electron chi connectivity index (χ4n) is 1.70. The smallest absolute Gasteiger partial charge is 0.346 e. The van der Waals surface area contributed by atoms with E-state index < -0.39 is 16.4 Å². The second kappa shape index (κ2) is 5.74. The average Bonchev–Trinajstić information content (AvgIpc) is 2.37. The number of benzene rings is 1. The molecule has 1 unspecified atom stereocenters. The van der Waals surface area contributed by atoms with E-state index in [2.05, 4.69) is 5.32 Å². The van der Waals surface area contributed by atoms with Gasteiger partial charge in [0.05, 0.1) is 11.5 Å². The number of nitrogens with zero attached hydrogens (tertiary/aromatic N) is 1. The Bertz CT molecular complexity index is 435. The fraction of sp³-hybridized carbons (Fsp3) is 0.455. The zero-order chi connectivity index (χ0) is 13.0. The average molecular weight is 256 g/mol. The molecule has 1 atom stereocenters. The number of para-hydroxylation sites is 1. The van der Waals surface area contributed by atoms with Crippen LogP contribution in [0.5, 0.6) is 5.75 Å². The molecule has 1 fully saturated rings. The Morgan fingerprint density at radius 1 is 1.61 bits per heavy atom. The second-order valence-electron chi connectivity index (χ2n) is 3.85. The molecule has 0 aromatic heterocycles. The number of nitro groups is 1. The topological polar surface area (TPSA) is 73.6 Å². The maximum Gasteiger partial charge on any atom is 0.346 e. The van der Waals surface area contributed by atoms with Gasteiger partial charge in [0.15, 0.2) is 5.75 Å². The van der Waals surface area contributed by atoms with Crippen LogP contribution in [0.15, 0.2) is 18.2 Å². The molecular weight excluding hydrogens is 243 g/mol. The van der Waals surface area contributed by atoms with E-state index in [1.54, 1.807) is 0 Å². The Morgan fingerprint density at radius 2 is 2.44 bits per heavy atom. The highest BCUT2D eigenvalue weighted by Crippen LogP contribution is 2.29. The minimum absolute atomic E-state index is 0.0748. The van der Waals surface area contributed by atoms with Gasteiger partial charge in [0, 0.05) is 13.1 Å². The van der Waals surface area contributed by atoms with Crippen LogP contribution in [0.2, 0.25) is 0 Å². The lowest BCUT2D eigenvalue weighted by Crippen LogP contribution is -2.41. The highest BCUT2D eigenvalue weighted by molar-refractivity contribution is 5.47. The number of rotatable bonds is 4. The van der Waals surface area contributed by atoms with Gasteiger partial charge in [-0.15, -0.1) is 0 Å². The van der Waals surface area contributed by atoms with Crippen LogP contribution in [0.3, 0.4) is 0 Å². The normalized spacial score (nSPS) is 19.5. The third-order valence-corrected chi connectivity index (χ3v) is 2.56. The molecule has 0 amide bonds. The molecule has 1 aromatic carbocycles. The van der Waals surface area contributed by atoms with E-state index in [-0.39, 0.29) is 18.5 Å². The maximum atomic E-state index is 13.3. The summed E-state index contributed by atoms with van der Waals surface area (Å²) >= 11 is 0. The van der Waals surface area contributed by atoms with Gasteiger partial charge in [-0.05, 0) is 12.1 Å². The molecule has 1 aliphatic rings. The van der Waals surface area contributed by atoms with Crippen LogP contribution in [0.25, 0.3) is 0 Å². The summed E-state index contributed by atoms with van der Waals surface area (Å²) in [5.74, 6) is -0.977. The summed E-state index contributed by atoms with van der Waals surface area (Å²) in [6, 6.07) is 3.78. The van der Waals surface area contributed by atoms with Gasteiger partial charge >= 0.3 is 5.69 Å². The van der Waals surface area contributed by atoms with Gasteiger partial charge < -0.3 is 14.8 Å². The Morgan fingerprint density at radius 3 is 3.11 bits per heavy atom. The Kier molecular flexibility index (Phi) is 4.06. The molecule has 1 aromatic rings. The molecule has 98 valence electrons. The van der Waals surface area contributed by atoms with Crippen molar-refractivity contribution in [2.24, 2.45) is 0 Å². The molecule has 0 saturated carbocycles. The summed E-state index contributed by atoms with van der Waals surface area (Å²) in [6.45, 7) is 2.11. The number of hydrogen-bond donors (Lipinski definition) is 1. The van der Waals surface area contributed by atoms with Crippen LogP contribution in [0, 0.1) is 15.9 Å². The van der Waals surface area contributed by atoms with E-state index >= 15 is 0 Å². The van der Waals surface area contributed by atoms with E-state index in [1.807, 2.05) is 0 Å². The van der Waals surface area contributed by atoms with Gasteiger partial charge in [-0.25, -0.2) is 0 Å². The Balaban J connectivity index is 2.04. The molecule has 1 heterocycles. The first-order chi connectivity index (χ1) is 8.68. The van der Waals surface area contributed by atoms with Crippen molar-refractivity contribution < 1.29 is 18.8 Å². The SMILES string of the molecule is O=[N+]([O-])c1c(F)cccc1OCC1CNCCO1. The van der Waals surface area contributed by atoms with Crippen LogP contribution in [-0.2, 0) is 4.74 Å². The number of nitro benzene ring substituents is 1. The van der Waals surface area contributed by atoms with Gasteiger partial charge in [0.25, 0.3) is 0 Å².